The van der Waals surface area contributed by atoms with Crippen LogP contribution in [0.1, 0.15) is 64.2 Å². The van der Waals surface area contributed by atoms with Gasteiger partial charge in [-0.3, -0.25) is 0 Å². The highest BCUT2D eigenvalue weighted by Gasteiger charge is 2.23. The minimum absolute atomic E-state index is 0.820. The summed E-state index contributed by atoms with van der Waals surface area (Å²) in [5.74, 6) is 3.71. The summed E-state index contributed by atoms with van der Waals surface area (Å²) in [5.41, 5.74) is 0. The Bertz CT molecular complexity index is 244. The Labute approximate surface area is 119 Å². The molecule has 2 saturated carbocycles. The van der Waals surface area contributed by atoms with Gasteiger partial charge in [-0.15, -0.1) is 6.58 Å². The van der Waals surface area contributed by atoms with Crippen LogP contribution in [0.2, 0.25) is 0 Å². The van der Waals surface area contributed by atoms with E-state index in [2.05, 4.69) is 12.7 Å². The van der Waals surface area contributed by atoms with E-state index in [1.807, 2.05) is 7.11 Å². The first-order valence-electron chi connectivity index (χ1n) is 8.43. The Morgan fingerprint density at radius 3 is 1.79 bits per heavy atom. The predicted molar refractivity (Wildman–Crippen MR) is 82.2 cm³/mol. The van der Waals surface area contributed by atoms with Crippen LogP contribution in [-0.2, 0) is 4.74 Å². The Morgan fingerprint density at radius 1 is 0.842 bits per heavy atom. The lowest BCUT2D eigenvalue weighted by Gasteiger charge is -2.31. The molecule has 1 heteroatoms. The van der Waals surface area contributed by atoms with Gasteiger partial charge >= 0.3 is 0 Å². The Kier molecular flexibility index (Phi) is 6.43. The van der Waals surface area contributed by atoms with Crippen molar-refractivity contribution in [3.8, 4) is 0 Å². The molecular formula is C18H32O. The molecule has 0 unspecified atom stereocenters. The molecule has 0 radical (unpaired) electrons. The molecule has 1 nitrogen and oxygen atoms in total. The quantitative estimate of drug-likeness (QED) is 0.598. The highest BCUT2D eigenvalue weighted by atomic mass is 16.5. The van der Waals surface area contributed by atoms with Crippen LogP contribution in [0, 0.1) is 23.7 Å². The molecule has 0 heterocycles. The van der Waals surface area contributed by atoms with E-state index in [1.165, 1.54) is 64.2 Å². The van der Waals surface area contributed by atoms with Crippen LogP contribution in [0.4, 0.5) is 0 Å². The Morgan fingerprint density at radius 2 is 1.32 bits per heavy atom. The van der Waals surface area contributed by atoms with Gasteiger partial charge in [-0.1, -0.05) is 31.8 Å². The van der Waals surface area contributed by atoms with E-state index in [-0.39, 0.29) is 0 Å². The van der Waals surface area contributed by atoms with Crippen LogP contribution in [0.25, 0.3) is 0 Å². The molecule has 19 heavy (non-hydrogen) atoms. The number of allylic oxidation sites excluding steroid dienone is 1. The molecular weight excluding hydrogens is 232 g/mol. The highest BCUT2D eigenvalue weighted by molar-refractivity contribution is 4.84. The van der Waals surface area contributed by atoms with E-state index >= 15 is 0 Å². The molecule has 0 spiro atoms. The molecule has 2 rings (SSSR count). The molecule has 2 fully saturated rings. The number of rotatable bonds is 6. The zero-order valence-electron chi connectivity index (χ0n) is 12.8. The highest BCUT2D eigenvalue weighted by Crippen LogP contribution is 2.36. The first-order valence-corrected chi connectivity index (χ1v) is 8.43. The molecule has 0 bridgehead atoms. The zero-order valence-corrected chi connectivity index (χ0v) is 12.8. The lowest BCUT2D eigenvalue weighted by atomic mass is 9.76. The maximum Gasteiger partial charge on any atom is 0.0490 e. The minimum atomic E-state index is 0.820. The fraction of sp³-hybridized carbons (Fsp3) is 0.889. The van der Waals surface area contributed by atoms with Crippen molar-refractivity contribution in [3.63, 3.8) is 0 Å². The van der Waals surface area contributed by atoms with E-state index < -0.39 is 0 Å². The third-order valence-electron chi connectivity index (χ3n) is 5.58. The summed E-state index contributed by atoms with van der Waals surface area (Å²) in [6.45, 7) is 4.93. The predicted octanol–water partition coefficient (Wildman–Crippen LogP) is 5.21. The van der Waals surface area contributed by atoms with Crippen molar-refractivity contribution < 1.29 is 4.74 Å². The molecule has 0 aromatic heterocycles. The molecule has 0 aromatic carbocycles. The lowest BCUT2D eigenvalue weighted by molar-refractivity contribution is 0.115. The van der Waals surface area contributed by atoms with Gasteiger partial charge in [0.05, 0.1) is 0 Å². The van der Waals surface area contributed by atoms with E-state index in [0.717, 1.165) is 30.3 Å². The molecule has 0 aromatic rings. The van der Waals surface area contributed by atoms with Gasteiger partial charge in [0.1, 0.15) is 0 Å². The summed E-state index contributed by atoms with van der Waals surface area (Å²) < 4.78 is 5.28. The summed E-state index contributed by atoms with van der Waals surface area (Å²) in [6, 6.07) is 0. The maximum atomic E-state index is 5.28. The summed E-state index contributed by atoms with van der Waals surface area (Å²) in [5, 5.41) is 0. The molecule has 2 aliphatic carbocycles. The fourth-order valence-corrected chi connectivity index (χ4v) is 4.11. The van der Waals surface area contributed by atoms with Crippen LogP contribution in [0.15, 0.2) is 12.7 Å². The van der Waals surface area contributed by atoms with Gasteiger partial charge < -0.3 is 4.74 Å². The van der Waals surface area contributed by atoms with Gasteiger partial charge in [-0.2, -0.15) is 0 Å². The number of hydrogen-bond donors (Lipinski definition) is 0. The van der Waals surface area contributed by atoms with Crippen LogP contribution < -0.4 is 0 Å². The van der Waals surface area contributed by atoms with Crippen molar-refractivity contribution in [2.75, 3.05) is 13.7 Å². The second kappa shape index (κ2) is 8.09. The second-order valence-corrected chi connectivity index (χ2v) is 6.94. The van der Waals surface area contributed by atoms with Gasteiger partial charge in [0, 0.05) is 13.7 Å². The summed E-state index contributed by atoms with van der Waals surface area (Å²) >= 11 is 0. The first-order chi connectivity index (χ1) is 9.31. The molecule has 110 valence electrons. The van der Waals surface area contributed by atoms with Gasteiger partial charge in [0.15, 0.2) is 0 Å². The molecule has 0 aliphatic heterocycles. The van der Waals surface area contributed by atoms with Crippen molar-refractivity contribution in [1.82, 2.24) is 0 Å². The van der Waals surface area contributed by atoms with Crippen LogP contribution in [0.3, 0.4) is 0 Å². The number of methoxy groups -OCH3 is 1. The standard InChI is InChI=1S/C18H32O/c1-3-15-4-6-16(7-5-15)8-9-17-10-12-18(13-11-17)14-19-2/h3,15-18H,1,4-14H2,2H3/t15-,16-,17-,18-. The van der Waals surface area contributed by atoms with Crippen molar-refractivity contribution in [2.24, 2.45) is 23.7 Å². The largest absolute Gasteiger partial charge is 0.384 e. The van der Waals surface area contributed by atoms with Crippen LogP contribution >= 0.6 is 0 Å². The van der Waals surface area contributed by atoms with Gasteiger partial charge in [0.2, 0.25) is 0 Å². The SMILES string of the molecule is C=C[C@H]1CC[C@H](CC[C@H]2CC[C@H](COC)CC2)CC1. The van der Waals surface area contributed by atoms with Crippen LogP contribution in [0.5, 0.6) is 0 Å². The van der Waals surface area contributed by atoms with Crippen molar-refractivity contribution >= 4 is 0 Å². The second-order valence-electron chi connectivity index (χ2n) is 6.94. The third kappa shape index (κ3) is 4.95. The minimum Gasteiger partial charge on any atom is -0.384 e. The fourth-order valence-electron chi connectivity index (χ4n) is 4.11. The lowest BCUT2D eigenvalue weighted by Crippen LogP contribution is -2.19. The van der Waals surface area contributed by atoms with Crippen molar-refractivity contribution in [1.29, 1.82) is 0 Å². The van der Waals surface area contributed by atoms with Gasteiger partial charge in [0.25, 0.3) is 0 Å². The average molecular weight is 264 g/mol. The third-order valence-corrected chi connectivity index (χ3v) is 5.58. The van der Waals surface area contributed by atoms with Gasteiger partial charge in [-0.25, -0.2) is 0 Å². The van der Waals surface area contributed by atoms with Crippen molar-refractivity contribution in [2.45, 2.75) is 64.2 Å². The smallest absolute Gasteiger partial charge is 0.0490 e. The topological polar surface area (TPSA) is 9.23 Å². The molecule has 0 amide bonds. The molecule has 2 aliphatic rings. The normalized spacial score (nSPS) is 36.1. The maximum absolute atomic E-state index is 5.28. The summed E-state index contributed by atoms with van der Waals surface area (Å²) in [7, 11) is 1.84. The number of hydrogen-bond acceptors (Lipinski definition) is 1. The van der Waals surface area contributed by atoms with Crippen LogP contribution in [-0.4, -0.2) is 13.7 Å². The molecule has 0 N–H and O–H groups in total. The summed E-state index contributed by atoms with van der Waals surface area (Å²) in [4.78, 5) is 0. The van der Waals surface area contributed by atoms with E-state index in [9.17, 15) is 0 Å². The molecule has 0 saturated heterocycles. The number of ether oxygens (including phenoxy) is 1. The average Bonchev–Trinajstić information content (AvgIpc) is 2.47. The first kappa shape index (κ1) is 15.1. The van der Waals surface area contributed by atoms with E-state index in [0.29, 0.717) is 0 Å². The molecule has 0 atom stereocenters. The Balaban J connectivity index is 1.58. The van der Waals surface area contributed by atoms with E-state index in [1.54, 1.807) is 0 Å². The van der Waals surface area contributed by atoms with E-state index in [4.69, 9.17) is 4.74 Å². The summed E-state index contributed by atoms with van der Waals surface area (Å²) in [6.07, 6.45) is 16.6. The Hall–Kier alpha value is -0.300. The monoisotopic (exact) mass is 264 g/mol. The zero-order chi connectivity index (χ0) is 13.5. The van der Waals surface area contributed by atoms with Gasteiger partial charge in [-0.05, 0) is 62.2 Å². The van der Waals surface area contributed by atoms with Crippen molar-refractivity contribution in [3.05, 3.63) is 12.7 Å².